The monoisotopic (exact) mass is 304 g/mol. The average molecular weight is 304 g/mol. The molecule has 0 aliphatic carbocycles. The molecular weight excluding hydrogens is 284 g/mol. The second kappa shape index (κ2) is 6.01. The number of benzene rings is 2. The number of fused-ring (bicyclic) bond motifs is 1. The van der Waals surface area contributed by atoms with E-state index in [1.165, 1.54) is 10.8 Å². The van der Waals surface area contributed by atoms with Gasteiger partial charge in [0.1, 0.15) is 0 Å². The Morgan fingerprint density at radius 3 is 2.43 bits per heavy atom. The first-order chi connectivity index (χ1) is 11.3. The molecule has 3 heteroatoms. The van der Waals surface area contributed by atoms with Crippen molar-refractivity contribution in [2.75, 3.05) is 13.1 Å². The van der Waals surface area contributed by atoms with Gasteiger partial charge in [0.2, 0.25) is 0 Å². The minimum Gasteiger partial charge on any atom is -0.322 e. The highest BCUT2D eigenvalue weighted by Crippen LogP contribution is 2.25. The number of pyridine rings is 1. The Kier molecular flexibility index (Phi) is 3.72. The van der Waals surface area contributed by atoms with Crippen LogP contribution < -0.4 is 10.9 Å². The first kappa shape index (κ1) is 14.2. The lowest BCUT2D eigenvalue weighted by atomic mass is 9.91. The van der Waals surface area contributed by atoms with Crippen LogP contribution in [0.4, 0.5) is 0 Å². The summed E-state index contributed by atoms with van der Waals surface area (Å²) in [6.45, 7) is 1.99. The lowest BCUT2D eigenvalue weighted by molar-refractivity contribution is 0.458. The van der Waals surface area contributed by atoms with E-state index >= 15 is 0 Å². The van der Waals surface area contributed by atoms with Gasteiger partial charge < -0.3 is 10.3 Å². The van der Waals surface area contributed by atoms with Crippen molar-refractivity contribution < 1.29 is 0 Å². The van der Waals surface area contributed by atoms with Gasteiger partial charge in [0.25, 0.3) is 5.56 Å². The van der Waals surface area contributed by atoms with Gasteiger partial charge in [0.15, 0.2) is 0 Å². The van der Waals surface area contributed by atoms with Crippen molar-refractivity contribution in [3.63, 3.8) is 0 Å². The molecular formula is C20H20N2O. The van der Waals surface area contributed by atoms with E-state index in [-0.39, 0.29) is 5.56 Å². The first-order valence-corrected chi connectivity index (χ1v) is 8.24. The highest BCUT2D eigenvalue weighted by molar-refractivity contribution is 5.86. The van der Waals surface area contributed by atoms with E-state index in [0.717, 1.165) is 42.8 Å². The third-order valence-electron chi connectivity index (χ3n) is 4.78. The lowest BCUT2D eigenvalue weighted by Gasteiger charge is -2.22. The van der Waals surface area contributed by atoms with Crippen LogP contribution in [-0.4, -0.2) is 18.1 Å². The molecule has 1 saturated heterocycles. The molecule has 4 rings (SSSR count). The zero-order valence-electron chi connectivity index (χ0n) is 13.0. The van der Waals surface area contributed by atoms with Gasteiger partial charge in [-0.3, -0.25) is 4.79 Å². The predicted octanol–water partition coefficient (Wildman–Crippen LogP) is 3.66. The number of nitrogens with one attached hydrogen (secondary N) is 2. The van der Waals surface area contributed by atoms with E-state index in [1.54, 1.807) is 0 Å². The van der Waals surface area contributed by atoms with Crippen LogP contribution in [0.1, 0.15) is 24.3 Å². The summed E-state index contributed by atoms with van der Waals surface area (Å²) in [6, 6.07) is 18.6. The minimum atomic E-state index is 0.0579. The summed E-state index contributed by atoms with van der Waals surface area (Å²) in [5.41, 5.74) is 2.93. The summed E-state index contributed by atoms with van der Waals surface area (Å²) in [7, 11) is 0. The summed E-state index contributed by atoms with van der Waals surface area (Å²) in [6.07, 6.45) is 2.08. The Morgan fingerprint density at radius 2 is 1.65 bits per heavy atom. The van der Waals surface area contributed by atoms with Crippen LogP contribution in [-0.2, 0) is 0 Å². The molecule has 1 aliphatic rings. The van der Waals surface area contributed by atoms with Gasteiger partial charge in [0.05, 0.1) is 0 Å². The number of H-pyrrole nitrogens is 1. The van der Waals surface area contributed by atoms with Gasteiger partial charge in [-0.2, -0.15) is 0 Å². The molecule has 0 radical (unpaired) electrons. The van der Waals surface area contributed by atoms with Gasteiger partial charge in [-0.15, -0.1) is 0 Å². The molecule has 0 saturated carbocycles. The Balaban J connectivity index is 1.71. The van der Waals surface area contributed by atoms with Crippen molar-refractivity contribution in [3.8, 4) is 11.3 Å². The van der Waals surface area contributed by atoms with Crippen LogP contribution >= 0.6 is 0 Å². The van der Waals surface area contributed by atoms with Crippen molar-refractivity contribution >= 4 is 10.8 Å². The molecule has 2 N–H and O–H groups in total. The second-order valence-electron chi connectivity index (χ2n) is 6.24. The largest absolute Gasteiger partial charge is 0.322 e. The smallest absolute Gasteiger partial charge is 0.251 e. The quantitative estimate of drug-likeness (QED) is 0.759. The fraction of sp³-hybridized carbons (Fsp3) is 0.250. The molecule has 0 atom stereocenters. The Labute approximate surface area is 135 Å². The zero-order chi connectivity index (χ0) is 15.6. The predicted molar refractivity (Wildman–Crippen MR) is 94.8 cm³/mol. The van der Waals surface area contributed by atoms with Crippen LogP contribution in [0.5, 0.6) is 0 Å². The molecule has 2 aromatic carbocycles. The van der Waals surface area contributed by atoms with Crippen molar-refractivity contribution in [2.45, 2.75) is 18.8 Å². The third-order valence-corrected chi connectivity index (χ3v) is 4.78. The molecule has 3 nitrogen and oxygen atoms in total. The molecule has 0 amide bonds. The minimum absolute atomic E-state index is 0.0579. The Bertz CT molecular complexity index is 891. The molecule has 3 aromatic rings. The summed E-state index contributed by atoms with van der Waals surface area (Å²) < 4.78 is 0. The van der Waals surface area contributed by atoms with Crippen molar-refractivity contribution in [3.05, 3.63) is 70.5 Å². The normalized spacial score (nSPS) is 15.8. The molecule has 1 aliphatic heterocycles. The second-order valence-corrected chi connectivity index (χ2v) is 6.24. The molecule has 1 fully saturated rings. The molecule has 1 aromatic heterocycles. The van der Waals surface area contributed by atoms with Crippen LogP contribution in [0, 0.1) is 0 Å². The topological polar surface area (TPSA) is 44.9 Å². The number of aromatic amines is 1. The number of piperidine rings is 1. The molecule has 0 bridgehead atoms. The van der Waals surface area contributed by atoms with E-state index in [0.29, 0.717) is 5.92 Å². The van der Waals surface area contributed by atoms with Crippen LogP contribution in [0.25, 0.3) is 22.0 Å². The number of aromatic nitrogens is 1. The van der Waals surface area contributed by atoms with Crippen molar-refractivity contribution in [1.29, 1.82) is 0 Å². The fourth-order valence-electron chi connectivity index (χ4n) is 3.46. The van der Waals surface area contributed by atoms with Gasteiger partial charge in [-0.1, -0.05) is 42.5 Å². The molecule has 116 valence electrons. The molecule has 2 heterocycles. The average Bonchev–Trinajstić information content (AvgIpc) is 2.62. The van der Waals surface area contributed by atoms with Gasteiger partial charge in [-0.25, -0.2) is 0 Å². The van der Waals surface area contributed by atoms with Crippen molar-refractivity contribution in [1.82, 2.24) is 10.3 Å². The molecule has 23 heavy (non-hydrogen) atoms. The summed E-state index contributed by atoms with van der Waals surface area (Å²) in [5, 5.41) is 5.75. The summed E-state index contributed by atoms with van der Waals surface area (Å²) in [4.78, 5) is 15.6. The zero-order valence-corrected chi connectivity index (χ0v) is 13.0. The maximum absolute atomic E-state index is 12.5. The summed E-state index contributed by atoms with van der Waals surface area (Å²) >= 11 is 0. The molecule has 0 unspecified atom stereocenters. The van der Waals surface area contributed by atoms with E-state index in [9.17, 15) is 4.79 Å². The number of rotatable bonds is 2. The van der Waals surface area contributed by atoms with E-state index in [2.05, 4.69) is 40.6 Å². The Hall–Kier alpha value is -2.39. The first-order valence-electron chi connectivity index (χ1n) is 8.24. The highest BCUT2D eigenvalue weighted by Gasteiger charge is 2.18. The Morgan fingerprint density at radius 1 is 0.870 bits per heavy atom. The fourth-order valence-corrected chi connectivity index (χ4v) is 3.46. The number of hydrogen-bond acceptors (Lipinski definition) is 2. The SMILES string of the molecule is O=c1[nH]c(-c2ccc3ccccc3c2)ccc1C1CCNCC1. The maximum Gasteiger partial charge on any atom is 0.251 e. The van der Waals surface area contributed by atoms with Gasteiger partial charge in [0, 0.05) is 11.3 Å². The highest BCUT2D eigenvalue weighted by atomic mass is 16.1. The van der Waals surface area contributed by atoms with Crippen LogP contribution in [0.3, 0.4) is 0 Å². The summed E-state index contributed by atoms with van der Waals surface area (Å²) in [5.74, 6) is 0.380. The van der Waals surface area contributed by atoms with Gasteiger partial charge in [-0.05, 0) is 60.3 Å². The third kappa shape index (κ3) is 2.80. The van der Waals surface area contributed by atoms with E-state index < -0.39 is 0 Å². The van der Waals surface area contributed by atoms with E-state index in [4.69, 9.17) is 0 Å². The van der Waals surface area contributed by atoms with Crippen molar-refractivity contribution in [2.24, 2.45) is 0 Å². The van der Waals surface area contributed by atoms with E-state index in [1.807, 2.05) is 24.3 Å². The molecule has 0 spiro atoms. The standard InChI is InChI=1S/C20H20N2O/c23-20-18(15-9-11-21-12-10-15)7-8-19(22-20)17-6-5-14-3-1-2-4-16(14)13-17/h1-8,13,15,21H,9-12H2,(H,22,23). The van der Waals surface area contributed by atoms with Gasteiger partial charge >= 0.3 is 0 Å². The lowest BCUT2D eigenvalue weighted by Crippen LogP contribution is -2.29. The van der Waals surface area contributed by atoms with Crippen LogP contribution in [0.15, 0.2) is 59.4 Å². The maximum atomic E-state index is 12.5. The van der Waals surface area contributed by atoms with Crippen LogP contribution in [0.2, 0.25) is 0 Å². The number of hydrogen-bond donors (Lipinski definition) is 2.